The third-order valence-electron chi connectivity index (χ3n) is 11.6. The summed E-state index contributed by atoms with van der Waals surface area (Å²) < 4.78 is 11.1. The van der Waals surface area contributed by atoms with Crippen molar-refractivity contribution in [2.24, 2.45) is 0 Å². The number of carbonyl (C=O) groups excluding carboxylic acids is 1. The fraction of sp³-hybridized carbons (Fsp3) is 0.896. The molecule has 0 aliphatic carbocycles. The van der Waals surface area contributed by atoms with Crippen LogP contribution < -0.4 is 5.32 Å². The fourth-order valence-electron chi connectivity index (χ4n) is 7.63. The average Bonchev–Trinajstić information content (AvgIpc) is 3.22. The van der Waals surface area contributed by atoms with Gasteiger partial charge in [0.15, 0.2) is 6.29 Å². The Morgan fingerprint density at radius 3 is 1.47 bits per heavy atom. The molecule has 1 rings (SSSR count). The van der Waals surface area contributed by atoms with Gasteiger partial charge in [-0.05, 0) is 44.9 Å². The van der Waals surface area contributed by atoms with Crippen LogP contribution in [0.15, 0.2) is 24.3 Å². The van der Waals surface area contributed by atoms with Crippen LogP contribution in [-0.2, 0) is 14.3 Å². The van der Waals surface area contributed by atoms with Crippen LogP contribution in [0.4, 0.5) is 0 Å². The van der Waals surface area contributed by atoms with Crippen molar-refractivity contribution in [1.29, 1.82) is 0 Å². The van der Waals surface area contributed by atoms with Crippen molar-refractivity contribution in [3.63, 3.8) is 0 Å². The van der Waals surface area contributed by atoms with Crippen LogP contribution in [0.5, 0.6) is 0 Å². The van der Waals surface area contributed by atoms with E-state index >= 15 is 0 Å². The molecule has 0 radical (unpaired) electrons. The second kappa shape index (κ2) is 38.5. The highest BCUT2D eigenvalue weighted by Gasteiger charge is 2.44. The Bertz CT molecular complexity index is 979. The zero-order chi connectivity index (χ0) is 42.5. The average molecular weight is 826 g/mol. The number of ether oxygens (including phenoxy) is 2. The third-order valence-corrected chi connectivity index (χ3v) is 11.6. The summed E-state index contributed by atoms with van der Waals surface area (Å²) in [6.45, 7) is 3.59. The minimum atomic E-state index is -1.61. The quantitative estimate of drug-likeness (QED) is 0.0235. The zero-order valence-corrected chi connectivity index (χ0v) is 37.2. The van der Waals surface area contributed by atoms with E-state index < -0.39 is 61.5 Å². The number of rotatable bonds is 40. The number of carbonyl (C=O) groups is 1. The second-order valence-electron chi connectivity index (χ2n) is 17.0. The van der Waals surface area contributed by atoms with Gasteiger partial charge in [-0.25, -0.2) is 0 Å². The van der Waals surface area contributed by atoms with Crippen LogP contribution in [0.25, 0.3) is 0 Å². The highest BCUT2D eigenvalue weighted by atomic mass is 16.7. The Hall–Kier alpha value is -1.37. The number of amides is 1. The van der Waals surface area contributed by atoms with Crippen LogP contribution in [0.2, 0.25) is 0 Å². The molecule has 7 N–H and O–H groups in total. The first-order valence-corrected chi connectivity index (χ1v) is 24.2. The van der Waals surface area contributed by atoms with Gasteiger partial charge in [-0.3, -0.25) is 4.79 Å². The predicted octanol–water partition coefficient (Wildman–Crippen LogP) is 9.25. The lowest BCUT2D eigenvalue weighted by Crippen LogP contribution is -2.60. The van der Waals surface area contributed by atoms with Crippen molar-refractivity contribution >= 4 is 5.91 Å². The van der Waals surface area contributed by atoms with Gasteiger partial charge in [0.05, 0.1) is 25.4 Å². The van der Waals surface area contributed by atoms with Gasteiger partial charge >= 0.3 is 0 Å². The van der Waals surface area contributed by atoms with Gasteiger partial charge in [-0.15, -0.1) is 0 Å². The van der Waals surface area contributed by atoms with Gasteiger partial charge in [0.25, 0.3) is 0 Å². The van der Waals surface area contributed by atoms with Crippen LogP contribution in [0, 0.1) is 0 Å². The summed E-state index contributed by atoms with van der Waals surface area (Å²) in [5.41, 5.74) is 0. The monoisotopic (exact) mass is 826 g/mol. The molecule has 0 aromatic carbocycles. The first-order valence-electron chi connectivity index (χ1n) is 24.2. The van der Waals surface area contributed by atoms with Crippen LogP contribution in [0.3, 0.4) is 0 Å². The Morgan fingerprint density at radius 2 is 1.00 bits per heavy atom. The number of unbranched alkanes of at least 4 members (excludes halogenated alkanes) is 27. The Labute approximate surface area is 354 Å². The Morgan fingerprint density at radius 1 is 0.586 bits per heavy atom. The number of allylic oxidation sites excluding steroid dienone is 3. The largest absolute Gasteiger partial charge is 0.394 e. The molecular weight excluding hydrogens is 735 g/mol. The van der Waals surface area contributed by atoms with Crippen LogP contribution in [0.1, 0.15) is 213 Å². The molecule has 10 nitrogen and oxygen atoms in total. The summed E-state index contributed by atoms with van der Waals surface area (Å²) in [6.07, 6.45) is 35.5. The summed E-state index contributed by atoms with van der Waals surface area (Å²) in [6, 6.07) is -0.985. The van der Waals surface area contributed by atoms with Crippen molar-refractivity contribution in [2.75, 3.05) is 13.2 Å². The maximum absolute atomic E-state index is 13.0. The molecule has 0 spiro atoms. The van der Waals surface area contributed by atoms with E-state index in [2.05, 4.69) is 31.3 Å². The van der Waals surface area contributed by atoms with Gasteiger partial charge in [0, 0.05) is 0 Å². The molecular formula is C48H91NO9. The molecule has 1 amide bonds. The van der Waals surface area contributed by atoms with E-state index in [1.165, 1.54) is 135 Å². The number of aliphatic hydroxyl groups excluding tert-OH is 6. The molecule has 0 aromatic heterocycles. The third kappa shape index (κ3) is 28.2. The smallest absolute Gasteiger partial charge is 0.249 e. The molecule has 0 saturated carbocycles. The lowest BCUT2D eigenvalue weighted by Gasteiger charge is -2.40. The number of hydrogen-bond donors (Lipinski definition) is 7. The van der Waals surface area contributed by atoms with E-state index in [0.29, 0.717) is 6.42 Å². The molecule has 342 valence electrons. The van der Waals surface area contributed by atoms with Gasteiger partial charge in [-0.1, -0.05) is 192 Å². The standard InChI is InChI=1S/C48H91NO9/c1-3-5-7-9-11-13-15-17-18-19-20-21-22-23-25-27-29-31-33-35-37-42(52)47(56)49-40(39-57-48-46(55)45(54)44(53)43(38-50)58-48)41(51)36-34-32-30-28-26-24-16-14-12-10-8-6-4-2/h16,24,34,36,40-46,48,50-55H,3-15,17-23,25-33,35,37-39H2,1-2H3,(H,49,56). The van der Waals surface area contributed by atoms with Crippen LogP contribution in [-0.4, -0.2) is 98.7 Å². The number of hydrogen-bond acceptors (Lipinski definition) is 9. The molecule has 10 heteroatoms. The summed E-state index contributed by atoms with van der Waals surface area (Å²) in [4.78, 5) is 13.0. The van der Waals surface area contributed by atoms with E-state index in [0.717, 1.165) is 57.8 Å². The summed E-state index contributed by atoms with van der Waals surface area (Å²) >= 11 is 0. The summed E-state index contributed by atoms with van der Waals surface area (Å²) in [7, 11) is 0. The second-order valence-corrected chi connectivity index (χ2v) is 17.0. The van der Waals surface area contributed by atoms with Gasteiger partial charge in [-0.2, -0.15) is 0 Å². The molecule has 1 saturated heterocycles. The van der Waals surface area contributed by atoms with Crippen molar-refractivity contribution in [2.45, 2.75) is 262 Å². The van der Waals surface area contributed by atoms with Gasteiger partial charge < -0.3 is 45.4 Å². The van der Waals surface area contributed by atoms with E-state index in [9.17, 15) is 35.4 Å². The molecule has 1 heterocycles. The molecule has 1 aliphatic rings. The Kier molecular flexibility index (Phi) is 36.3. The summed E-state index contributed by atoms with van der Waals surface area (Å²) in [5.74, 6) is -0.621. The lowest BCUT2D eigenvalue weighted by molar-refractivity contribution is -0.302. The zero-order valence-electron chi connectivity index (χ0n) is 37.2. The molecule has 1 aliphatic heterocycles. The molecule has 8 atom stereocenters. The van der Waals surface area contributed by atoms with E-state index in [1.807, 2.05) is 6.08 Å². The van der Waals surface area contributed by atoms with Crippen molar-refractivity contribution in [3.05, 3.63) is 24.3 Å². The minimum absolute atomic E-state index is 0.310. The Balaban J connectivity index is 2.36. The number of aliphatic hydroxyl groups is 6. The van der Waals surface area contributed by atoms with Crippen molar-refractivity contribution in [3.8, 4) is 0 Å². The van der Waals surface area contributed by atoms with E-state index in [-0.39, 0.29) is 6.61 Å². The number of nitrogens with one attached hydrogen (secondary N) is 1. The molecule has 0 aromatic rings. The molecule has 1 fully saturated rings. The summed E-state index contributed by atoms with van der Waals surface area (Å²) in [5, 5.41) is 64.7. The topological polar surface area (TPSA) is 169 Å². The van der Waals surface area contributed by atoms with E-state index in [1.54, 1.807) is 6.08 Å². The van der Waals surface area contributed by atoms with E-state index in [4.69, 9.17) is 9.47 Å². The minimum Gasteiger partial charge on any atom is -0.394 e. The maximum atomic E-state index is 13.0. The highest BCUT2D eigenvalue weighted by molar-refractivity contribution is 5.80. The predicted molar refractivity (Wildman–Crippen MR) is 236 cm³/mol. The van der Waals surface area contributed by atoms with Crippen molar-refractivity contribution in [1.82, 2.24) is 5.32 Å². The molecule has 0 bridgehead atoms. The first kappa shape index (κ1) is 54.6. The van der Waals surface area contributed by atoms with Crippen molar-refractivity contribution < 1.29 is 44.9 Å². The lowest BCUT2D eigenvalue weighted by atomic mass is 9.99. The highest BCUT2D eigenvalue weighted by Crippen LogP contribution is 2.23. The first-order chi connectivity index (χ1) is 28.3. The van der Waals surface area contributed by atoms with Gasteiger partial charge in [0.2, 0.25) is 5.91 Å². The van der Waals surface area contributed by atoms with Gasteiger partial charge in [0.1, 0.15) is 30.5 Å². The maximum Gasteiger partial charge on any atom is 0.249 e. The molecule has 58 heavy (non-hydrogen) atoms. The van der Waals surface area contributed by atoms with Crippen LogP contribution >= 0.6 is 0 Å². The molecule has 8 unspecified atom stereocenters. The SMILES string of the molecule is CCCCCCCC=CCCCCC=CC(O)C(COC1OC(CO)C(O)C(O)C1O)NC(=O)C(O)CCCCCCCCCCCCCCCCCCCCCC. The normalized spacial score (nSPS) is 21.6. The fourth-order valence-corrected chi connectivity index (χ4v) is 7.63.